The first kappa shape index (κ1) is 18.2. The zero-order valence-electron chi connectivity index (χ0n) is 15.2. The molecule has 0 aromatic heterocycles. The van der Waals surface area contributed by atoms with E-state index in [1.807, 2.05) is 54.6 Å². The van der Waals surface area contributed by atoms with Crippen molar-refractivity contribution in [3.05, 3.63) is 83.9 Å². The van der Waals surface area contributed by atoms with Crippen LogP contribution < -0.4 is 14.9 Å². The Hall–Kier alpha value is -3.60. The third kappa shape index (κ3) is 4.33. The van der Waals surface area contributed by atoms with E-state index in [-0.39, 0.29) is 5.91 Å². The summed E-state index contributed by atoms with van der Waals surface area (Å²) in [5, 5.41) is 4.02. The molecule has 0 bridgehead atoms. The summed E-state index contributed by atoms with van der Waals surface area (Å²) in [5.41, 5.74) is 5.92. The predicted octanol–water partition coefficient (Wildman–Crippen LogP) is 4.13. The molecule has 0 atom stereocenters. The number of benzene rings is 3. The van der Waals surface area contributed by atoms with Gasteiger partial charge in [-0.05, 0) is 35.4 Å². The third-order valence-corrected chi connectivity index (χ3v) is 4.06. The van der Waals surface area contributed by atoms with Gasteiger partial charge in [0, 0.05) is 11.1 Å². The highest BCUT2D eigenvalue weighted by atomic mass is 16.5. The van der Waals surface area contributed by atoms with Crippen LogP contribution in [0.2, 0.25) is 0 Å². The summed E-state index contributed by atoms with van der Waals surface area (Å²) in [5.74, 6) is 0.877. The SMILES string of the molecule is COc1cccc(C=NNC(=O)c2ccc(-c3ccccc3)cc2)c1OC. The van der Waals surface area contributed by atoms with E-state index >= 15 is 0 Å². The minimum Gasteiger partial charge on any atom is -0.493 e. The summed E-state index contributed by atoms with van der Waals surface area (Å²) in [6.07, 6.45) is 1.53. The molecule has 0 aliphatic rings. The molecule has 5 heteroatoms. The van der Waals surface area contributed by atoms with Crippen LogP contribution in [-0.2, 0) is 0 Å². The van der Waals surface area contributed by atoms with Crippen LogP contribution in [-0.4, -0.2) is 26.3 Å². The fourth-order valence-electron chi connectivity index (χ4n) is 2.68. The lowest BCUT2D eigenvalue weighted by Gasteiger charge is -2.09. The smallest absolute Gasteiger partial charge is 0.271 e. The van der Waals surface area contributed by atoms with Gasteiger partial charge in [-0.1, -0.05) is 48.5 Å². The van der Waals surface area contributed by atoms with E-state index in [1.54, 1.807) is 32.4 Å². The van der Waals surface area contributed by atoms with Crippen LogP contribution in [0.5, 0.6) is 11.5 Å². The quantitative estimate of drug-likeness (QED) is 0.531. The van der Waals surface area contributed by atoms with Crippen molar-refractivity contribution in [2.75, 3.05) is 14.2 Å². The van der Waals surface area contributed by atoms with Crippen molar-refractivity contribution < 1.29 is 14.3 Å². The van der Waals surface area contributed by atoms with Crippen molar-refractivity contribution in [1.82, 2.24) is 5.43 Å². The topological polar surface area (TPSA) is 59.9 Å². The van der Waals surface area contributed by atoms with Crippen molar-refractivity contribution >= 4 is 12.1 Å². The second kappa shape index (κ2) is 8.67. The molecule has 0 aliphatic heterocycles. The maximum Gasteiger partial charge on any atom is 0.271 e. The standard InChI is InChI=1S/C22H20N2O3/c1-26-20-10-6-9-19(21(20)27-2)15-23-24-22(25)18-13-11-17(12-14-18)16-7-4-3-5-8-16/h3-15H,1-2H3,(H,24,25). The largest absolute Gasteiger partial charge is 0.493 e. The lowest BCUT2D eigenvalue weighted by Crippen LogP contribution is -2.17. The van der Waals surface area contributed by atoms with Crippen molar-refractivity contribution in [3.8, 4) is 22.6 Å². The molecule has 136 valence electrons. The first-order valence-electron chi connectivity index (χ1n) is 8.43. The molecule has 0 aliphatic carbocycles. The van der Waals surface area contributed by atoms with Gasteiger partial charge in [-0.25, -0.2) is 5.43 Å². The van der Waals surface area contributed by atoms with Crippen LogP contribution in [0.15, 0.2) is 77.9 Å². The van der Waals surface area contributed by atoms with Crippen LogP contribution in [0.4, 0.5) is 0 Å². The van der Waals surface area contributed by atoms with E-state index in [0.29, 0.717) is 22.6 Å². The van der Waals surface area contributed by atoms with Gasteiger partial charge in [0.05, 0.1) is 20.4 Å². The number of amides is 1. The zero-order valence-corrected chi connectivity index (χ0v) is 15.2. The highest BCUT2D eigenvalue weighted by Gasteiger charge is 2.08. The Bertz CT molecular complexity index is 936. The molecule has 1 N–H and O–H groups in total. The van der Waals surface area contributed by atoms with Gasteiger partial charge in [-0.2, -0.15) is 5.10 Å². The highest BCUT2D eigenvalue weighted by Crippen LogP contribution is 2.29. The monoisotopic (exact) mass is 360 g/mol. The van der Waals surface area contributed by atoms with Crippen LogP contribution in [0.1, 0.15) is 15.9 Å². The Morgan fingerprint density at radius 2 is 1.56 bits per heavy atom. The van der Waals surface area contributed by atoms with Crippen LogP contribution in [0, 0.1) is 0 Å². The second-order valence-corrected chi connectivity index (χ2v) is 5.73. The van der Waals surface area contributed by atoms with Gasteiger partial charge >= 0.3 is 0 Å². The van der Waals surface area contributed by atoms with E-state index in [4.69, 9.17) is 9.47 Å². The van der Waals surface area contributed by atoms with Gasteiger partial charge in [-0.3, -0.25) is 4.79 Å². The van der Waals surface area contributed by atoms with E-state index < -0.39 is 0 Å². The molecule has 3 rings (SSSR count). The average molecular weight is 360 g/mol. The molecule has 5 nitrogen and oxygen atoms in total. The van der Waals surface area contributed by atoms with Gasteiger partial charge in [0.2, 0.25) is 0 Å². The van der Waals surface area contributed by atoms with Crippen LogP contribution in [0.3, 0.4) is 0 Å². The molecule has 0 unspecified atom stereocenters. The number of hydrogen-bond donors (Lipinski definition) is 1. The molecule has 1 amide bonds. The fraction of sp³-hybridized carbons (Fsp3) is 0.0909. The minimum absolute atomic E-state index is 0.285. The summed E-state index contributed by atoms with van der Waals surface area (Å²) in [6, 6.07) is 22.8. The number of methoxy groups -OCH3 is 2. The summed E-state index contributed by atoms with van der Waals surface area (Å²) in [7, 11) is 3.13. The number of nitrogens with one attached hydrogen (secondary N) is 1. The maximum atomic E-state index is 12.3. The molecular formula is C22H20N2O3. The normalized spacial score (nSPS) is 10.6. The Balaban J connectivity index is 1.69. The number of para-hydroxylation sites is 1. The molecule has 0 radical (unpaired) electrons. The van der Waals surface area contributed by atoms with E-state index in [2.05, 4.69) is 10.5 Å². The number of hydrogen-bond acceptors (Lipinski definition) is 4. The summed E-state index contributed by atoms with van der Waals surface area (Å²) < 4.78 is 10.6. The molecule has 0 heterocycles. The van der Waals surface area contributed by atoms with Gasteiger partial charge < -0.3 is 9.47 Å². The molecular weight excluding hydrogens is 340 g/mol. The Morgan fingerprint density at radius 1 is 0.852 bits per heavy atom. The molecule has 3 aromatic carbocycles. The molecule has 3 aromatic rings. The number of rotatable bonds is 6. The maximum absolute atomic E-state index is 12.3. The molecule has 0 fully saturated rings. The van der Waals surface area contributed by atoms with Crippen molar-refractivity contribution in [2.45, 2.75) is 0 Å². The van der Waals surface area contributed by atoms with E-state index in [1.165, 1.54) is 6.21 Å². The second-order valence-electron chi connectivity index (χ2n) is 5.73. The lowest BCUT2D eigenvalue weighted by molar-refractivity contribution is 0.0955. The number of hydrazone groups is 1. The fourth-order valence-corrected chi connectivity index (χ4v) is 2.68. The molecule has 0 saturated carbocycles. The molecule has 27 heavy (non-hydrogen) atoms. The Labute approximate surface area is 158 Å². The first-order valence-corrected chi connectivity index (χ1v) is 8.43. The Morgan fingerprint density at radius 3 is 2.22 bits per heavy atom. The summed E-state index contributed by atoms with van der Waals surface area (Å²) in [4.78, 5) is 12.3. The van der Waals surface area contributed by atoms with Gasteiger partial charge in [0.15, 0.2) is 11.5 Å². The van der Waals surface area contributed by atoms with E-state index in [9.17, 15) is 4.79 Å². The highest BCUT2D eigenvalue weighted by molar-refractivity contribution is 5.95. The third-order valence-electron chi connectivity index (χ3n) is 4.06. The number of nitrogens with zero attached hydrogens (tertiary/aromatic N) is 1. The summed E-state index contributed by atoms with van der Waals surface area (Å²) in [6.45, 7) is 0. The first-order chi connectivity index (χ1) is 13.2. The summed E-state index contributed by atoms with van der Waals surface area (Å²) >= 11 is 0. The van der Waals surface area contributed by atoms with Crippen molar-refractivity contribution in [3.63, 3.8) is 0 Å². The van der Waals surface area contributed by atoms with E-state index in [0.717, 1.165) is 11.1 Å². The van der Waals surface area contributed by atoms with Gasteiger partial charge in [0.1, 0.15) is 0 Å². The lowest BCUT2D eigenvalue weighted by atomic mass is 10.0. The zero-order chi connectivity index (χ0) is 19.1. The number of carbonyl (C=O) groups excluding carboxylic acids is 1. The number of carbonyl (C=O) groups is 1. The van der Waals surface area contributed by atoms with Crippen LogP contribution in [0.25, 0.3) is 11.1 Å². The van der Waals surface area contributed by atoms with Gasteiger partial charge in [0.25, 0.3) is 5.91 Å². The van der Waals surface area contributed by atoms with Crippen LogP contribution >= 0.6 is 0 Å². The molecule has 0 spiro atoms. The number of ether oxygens (including phenoxy) is 2. The van der Waals surface area contributed by atoms with Crippen molar-refractivity contribution in [2.24, 2.45) is 5.10 Å². The molecule has 0 saturated heterocycles. The predicted molar refractivity (Wildman–Crippen MR) is 106 cm³/mol. The van der Waals surface area contributed by atoms with Gasteiger partial charge in [-0.15, -0.1) is 0 Å². The van der Waals surface area contributed by atoms with Crippen molar-refractivity contribution in [1.29, 1.82) is 0 Å². The Kier molecular flexibility index (Phi) is 5.84. The average Bonchev–Trinajstić information content (AvgIpc) is 2.74. The minimum atomic E-state index is -0.285.